The molecule has 0 spiro atoms. The first-order chi connectivity index (χ1) is 30.9. The van der Waals surface area contributed by atoms with Crippen molar-refractivity contribution in [3.05, 3.63) is 174 Å². The van der Waals surface area contributed by atoms with Crippen LogP contribution in [0.2, 0.25) is 13.1 Å². The number of benzene rings is 6. The van der Waals surface area contributed by atoms with Crippen molar-refractivity contribution in [2.24, 2.45) is 0 Å². The zero-order chi connectivity index (χ0) is 46.4. The van der Waals surface area contributed by atoms with Gasteiger partial charge < -0.3 is 14.0 Å². The Bertz CT molecular complexity index is 3000. The van der Waals surface area contributed by atoms with Crippen LogP contribution >= 0.6 is 0 Å². The van der Waals surface area contributed by atoms with Gasteiger partial charge >= 0.3 is 0 Å². The molecule has 0 bridgehead atoms. The number of aryl methyl sites for hydroxylation is 2. The minimum atomic E-state index is -2.42. The van der Waals surface area contributed by atoms with E-state index in [0.717, 1.165) is 44.5 Å². The van der Waals surface area contributed by atoms with E-state index in [1.807, 2.05) is 24.3 Å². The molecule has 0 unspecified atom stereocenters. The standard InChI is InChI=1S/C40H36N3OSi.C13H12N.Ir/c1-25(2)33-22-29(28-13-8-7-9-14-28)23-34(26(3)4)38(33)43-36-18-11-10-17-35(36)42-40(43)32-16-12-15-31-30-20-19-27(24-41)21-37(30)45(5,6)44-39(31)32;1-10-3-6-12(7-4-10)13-8-5-11(2)9-14-13;/h7-15,17-23,25-26H,1-6H3;3-6,8-9H,1-2H3;/q2*-1;/i;1D3,2D3;. The van der Waals surface area contributed by atoms with E-state index >= 15 is 0 Å². The molecule has 2 aromatic heterocycles. The number of aromatic nitrogens is 3. The van der Waals surface area contributed by atoms with Crippen molar-refractivity contribution in [3.63, 3.8) is 0 Å². The maximum atomic E-state index is 9.62. The van der Waals surface area contributed by atoms with Crippen molar-refractivity contribution in [3.8, 4) is 62.4 Å². The van der Waals surface area contributed by atoms with Crippen molar-refractivity contribution < 1.29 is 32.8 Å². The second kappa shape index (κ2) is 17.4. The van der Waals surface area contributed by atoms with Crippen molar-refractivity contribution in [2.75, 3.05) is 0 Å². The molecule has 5 nitrogen and oxygen atoms in total. The van der Waals surface area contributed by atoms with E-state index in [-0.39, 0.29) is 43.1 Å². The molecule has 0 N–H and O–H groups in total. The Morgan fingerprint density at radius 3 is 2.13 bits per heavy atom. The molecule has 3 heterocycles. The zero-order valence-corrected chi connectivity index (χ0v) is 37.8. The molecule has 0 aliphatic carbocycles. The quantitative estimate of drug-likeness (QED) is 0.123. The Morgan fingerprint density at radius 1 is 0.767 bits per heavy atom. The smallest absolute Gasteiger partial charge is 0.264 e. The van der Waals surface area contributed by atoms with Crippen LogP contribution in [-0.2, 0) is 20.1 Å². The van der Waals surface area contributed by atoms with Crippen molar-refractivity contribution in [1.82, 2.24) is 14.5 Å². The SMILES string of the molecule is CC(C)c1cc(-c2ccccc2)cc(C(C)C)c1-n1c(-c2[c-]ccc3c2O[Si](C)(C)c2cc(C#N)ccc2-3)nc2ccccc21.[2H]C([2H])([2H])c1c[c-]c(-c2ccc(C([2H])([2H])[2H])cn2)cc1.[Ir]. The molecule has 0 amide bonds. The minimum absolute atomic E-state index is 0. The van der Waals surface area contributed by atoms with Crippen molar-refractivity contribution in [2.45, 2.75) is 66.3 Å². The summed E-state index contributed by atoms with van der Waals surface area (Å²) in [7, 11) is -2.42. The molecule has 1 aliphatic rings. The molecule has 301 valence electrons. The van der Waals surface area contributed by atoms with Gasteiger partial charge in [0.2, 0.25) is 0 Å². The van der Waals surface area contributed by atoms with Gasteiger partial charge in [0, 0.05) is 46.0 Å². The van der Waals surface area contributed by atoms with Gasteiger partial charge in [0.05, 0.1) is 28.5 Å². The van der Waals surface area contributed by atoms with E-state index in [1.165, 1.54) is 52.3 Å². The molecule has 7 heteroatoms. The van der Waals surface area contributed by atoms with E-state index < -0.39 is 22.0 Å². The number of fused-ring (bicyclic) bond motifs is 4. The summed E-state index contributed by atoms with van der Waals surface area (Å²) in [6.45, 7) is 9.16. The summed E-state index contributed by atoms with van der Waals surface area (Å²) >= 11 is 0. The van der Waals surface area contributed by atoms with Crippen molar-refractivity contribution in [1.29, 1.82) is 5.26 Å². The molecule has 9 rings (SSSR count). The van der Waals surface area contributed by atoms with Crippen LogP contribution in [0.3, 0.4) is 0 Å². The monoisotopic (exact) mass is 983 g/mol. The van der Waals surface area contributed by atoms with Gasteiger partial charge in [-0.3, -0.25) is 4.98 Å². The Morgan fingerprint density at radius 2 is 1.48 bits per heavy atom. The second-order valence-corrected chi connectivity index (χ2v) is 19.7. The molecule has 1 radical (unpaired) electrons. The van der Waals surface area contributed by atoms with Crippen LogP contribution in [0.4, 0.5) is 0 Å². The molecular weight excluding hydrogens is 929 g/mol. The van der Waals surface area contributed by atoms with Gasteiger partial charge in [-0.05, 0) is 112 Å². The summed E-state index contributed by atoms with van der Waals surface area (Å²) in [4.78, 5) is 9.38. The maximum absolute atomic E-state index is 9.62. The number of para-hydroxylation sites is 2. The van der Waals surface area contributed by atoms with Gasteiger partial charge in [0.1, 0.15) is 0 Å². The number of nitrogens with zero attached hydrogens (tertiary/aromatic N) is 4. The van der Waals surface area contributed by atoms with Gasteiger partial charge in [-0.25, -0.2) is 0 Å². The van der Waals surface area contributed by atoms with Crippen LogP contribution in [0.25, 0.3) is 61.6 Å². The van der Waals surface area contributed by atoms with Gasteiger partial charge in [-0.1, -0.05) is 106 Å². The first-order valence-electron chi connectivity index (χ1n) is 22.8. The van der Waals surface area contributed by atoms with E-state index in [4.69, 9.17) is 17.6 Å². The molecular formula is C53H48IrN4OSi-2. The third kappa shape index (κ3) is 8.16. The van der Waals surface area contributed by atoms with Crippen LogP contribution in [0.1, 0.15) is 75.6 Å². The number of nitriles is 1. The van der Waals surface area contributed by atoms with Crippen LogP contribution in [0, 0.1) is 37.2 Å². The number of pyridine rings is 1. The molecule has 0 fully saturated rings. The summed E-state index contributed by atoms with van der Waals surface area (Å²) < 4.78 is 53.0. The molecule has 0 atom stereocenters. The normalized spacial score (nSPS) is 14.3. The second-order valence-electron chi connectivity index (χ2n) is 15.9. The zero-order valence-electron chi connectivity index (χ0n) is 40.4. The Kier molecular flexibility index (Phi) is 10.1. The topological polar surface area (TPSA) is 63.7 Å². The number of rotatable bonds is 6. The van der Waals surface area contributed by atoms with Crippen LogP contribution in [0.5, 0.6) is 5.75 Å². The molecule has 0 saturated carbocycles. The first kappa shape index (κ1) is 34.9. The Hall–Kier alpha value is -5.90. The number of hydrogen-bond donors (Lipinski definition) is 0. The molecule has 6 aromatic carbocycles. The van der Waals surface area contributed by atoms with Gasteiger partial charge in [0.15, 0.2) is 0 Å². The van der Waals surface area contributed by atoms with Crippen LogP contribution < -0.4 is 9.61 Å². The van der Waals surface area contributed by atoms with E-state index in [1.54, 1.807) is 12.1 Å². The predicted octanol–water partition coefficient (Wildman–Crippen LogP) is 12.9. The van der Waals surface area contributed by atoms with Crippen LogP contribution in [-0.4, -0.2) is 22.9 Å². The maximum Gasteiger partial charge on any atom is 0.264 e. The predicted molar refractivity (Wildman–Crippen MR) is 245 cm³/mol. The first-order valence-corrected chi connectivity index (χ1v) is 22.8. The van der Waals surface area contributed by atoms with E-state index in [0.29, 0.717) is 16.8 Å². The summed E-state index contributed by atoms with van der Waals surface area (Å²) in [5, 5.41) is 10.8. The Labute approximate surface area is 377 Å². The fourth-order valence-corrected chi connectivity index (χ4v) is 10.0. The third-order valence-corrected chi connectivity index (χ3v) is 13.2. The average Bonchev–Trinajstić information content (AvgIpc) is 3.67. The average molecular weight is 983 g/mol. The molecule has 8 aromatic rings. The minimum Gasteiger partial charge on any atom is -0.583 e. The molecule has 60 heavy (non-hydrogen) atoms. The summed E-state index contributed by atoms with van der Waals surface area (Å²) in [5.41, 5.74) is 13.4. The summed E-state index contributed by atoms with van der Waals surface area (Å²) in [6.07, 6.45) is 1.30. The van der Waals surface area contributed by atoms with Crippen LogP contribution in [0.15, 0.2) is 134 Å². The number of imidazole rings is 1. The van der Waals surface area contributed by atoms with E-state index in [9.17, 15) is 5.26 Å². The van der Waals surface area contributed by atoms with Crippen molar-refractivity contribution >= 4 is 24.5 Å². The van der Waals surface area contributed by atoms with Gasteiger partial charge in [-0.15, -0.1) is 53.6 Å². The molecule has 0 saturated heterocycles. The largest absolute Gasteiger partial charge is 0.583 e. The fourth-order valence-electron chi connectivity index (χ4n) is 7.80. The van der Waals surface area contributed by atoms with Gasteiger partial charge in [0.25, 0.3) is 8.32 Å². The Balaban J connectivity index is 0.000000260. The summed E-state index contributed by atoms with van der Waals surface area (Å²) in [5.74, 6) is 2.19. The summed E-state index contributed by atoms with van der Waals surface area (Å²) in [6, 6.07) is 50.1. The van der Waals surface area contributed by atoms with E-state index in [2.05, 4.69) is 141 Å². The van der Waals surface area contributed by atoms with Gasteiger partial charge in [-0.2, -0.15) is 5.26 Å². The number of hydrogen-bond acceptors (Lipinski definition) is 4. The third-order valence-electron chi connectivity index (χ3n) is 10.8. The molecule has 1 aliphatic heterocycles. The fraction of sp³-hybridized carbons (Fsp3) is 0.189.